The first kappa shape index (κ1) is 24.0. The molecule has 2 N–H and O–H groups in total. The highest BCUT2D eigenvalue weighted by atomic mass is 16.5. The van der Waals surface area contributed by atoms with E-state index in [-0.39, 0.29) is 22.6 Å². The fraction of sp³-hybridized carbons (Fsp3) is 0.407. The summed E-state index contributed by atoms with van der Waals surface area (Å²) in [6.07, 6.45) is 0. The molecule has 0 bridgehead atoms. The number of ether oxygens (including phenoxy) is 1. The van der Waals surface area contributed by atoms with Crippen molar-refractivity contribution < 1.29 is 24.5 Å². The molecule has 4 rings (SSSR count). The first-order chi connectivity index (χ1) is 16.3. The number of Topliss-reactive ketones (excluding diaryl/α,β-unsaturated/α-hetero) is 1. The van der Waals surface area contributed by atoms with E-state index in [2.05, 4.69) is 18.7 Å². The van der Waals surface area contributed by atoms with Crippen molar-refractivity contribution in [3.8, 4) is 5.75 Å². The van der Waals surface area contributed by atoms with Crippen LogP contribution in [0, 0.1) is 6.92 Å². The zero-order chi connectivity index (χ0) is 24.4. The van der Waals surface area contributed by atoms with Gasteiger partial charge in [0.2, 0.25) is 0 Å². The summed E-state index contributed by atoms with van der Waals surface area (Å²) in [7, 11) is 0. The lowest BCUT2D eigenvalue weighted by molar-refractivity contribution is -0.140. The number of aliphatic hydroxyl groups excluding tert-OH is 1. The largest absolute Gasteiger partial charge is 0.507 e. The zero-order valence-electron chi connectivity index (χ0n) is 20.0. The molecule has 0 spiro atoms. The number of aromatic hydroxyl groups is 1. The summed E-state index contributed by atoms with van der Waals surface area (Å²) >= 11 is 0. The zero-order valence-corrected chi connectivity index (χ0v) is 20.0. The molecule has 2 fully saturated rings. The van der Waals surface area contributed by atoms with Crippen molar-refractivity contribution in [1.29, 1.82) is 0 Å². The number of rotatable bonds is 6. The van der Waals surface area contributed by atoms with Crippen LogP contribution in [0.4, 0.5) is 0 Å². The molecule has 2 aliphatic rings. The van der Waals surface area contributed by atoms with Gasteiger partial charge in [-0.2, -0.15) is 0 Å². The topological polar surface area (TPSA) is 90.3 Å². The van der Waals surface area contributed by atoms with Crippen molar-refractivity contribution in [1.82, 2.24) is 9.80 Å². The molecule has 0 aromatic heterocycles. The van der Waals surface area contributed by atoms with E-state index in [4.69, 9.17) is 4.74 Å². The molecule has 1 amide bonds. The Morgan fingerprint density at radius 1 is 1.06 bits per heavy atom. The Bertz CT molecular complexity index is 1100. The van der Waals surface area contributed by atoms with Crippen LogP contribution >= 0.6 is 0 Å². The molecular weight excluding hydrogens is 432 g/mol. The third-order valence-corrected chi connectivity index (χ3v) is 6.63. The standard InChI is InChI=1S/C27H32N2O5/c1-17(2)19-5-7-20(8-6-19)24-23(25(31)21-16-18(3)4-9-22(21)30)26(32)27(33)29(24)11-10-28-12-14-34-15-13-28/h4-9,16-17,24,30-31H,10-15H2,1-3H3/b25-23+. The SMILES string of the molecule is Cc1ccc(O)c(/C(O)=C2\C(=O)C(=O)N(CCN3CCOCC3)C2c2ccc(C(C)C)cc2)c1. The maximum Gasteiger partial charge on any atom is 0.295 e. The molecular formula is C27H32N2O5. The van der Waals surface area contributed by atoms with E-state index in [0.29, 0.717) is 32.2 Å². The minimum atomic E-state index is -0.738. The van der Waals surface area contributed by atoms with Crippen molar-refractivity contribution in [2.75, 3.05) is 39.4 Å². The average molecular weight is 465 g/mol. The third kappa shape index (κ3) is 4.72. The maximum atomic E-state index is 13.2. The Morgan fingerprint density at radius 3 is 2.38 bits per heavy atom. The number of nitrogens with zero attached hydrogens (tertiary/aromatic N) is 2. The number of ketones is 1. The minimum Gasteiger partial charge on any atom is -0.507 e. The molecule has 0 aliphatic carbocycles. The lowest BCUT2D eigenvalue weighted by atomic mass is 9.92. The maximum absolute atomic E-state index is 13.2. The number of carbonyl (C=O) groups is 2. The van der Waals surface area contributed by atoms with Gasteiger partial charge in [-0.05, 0) is 36.1 Å². The first-order valence-electron chi connectivity index (χ1n) is 11.8. The van der Waals surface area contributed by atoms with Crippen LogP contribution in [0.2, 0.25) is 0 Å². The summed E-state index contributed by atoms with van der Waals surface area (Å²) in [5.41, 5.74) is 2.86. The number of phenols is 1. The van der Waals surface area contributed by atoms with Crippen molar-refractivity contribution in [3.05, 3.63) is 70.3 Å². The summed E-state index contributed by atoms with van der Waals surface area (Å²) in [6.45, 7) is 9.82. The van der Waals surface area contributed by atoms with Gasteiger partial charge in [-0.15, -0.1) is 0 Å². The van der Waals surface area contributed by atoms with Gasteiger partial charge in [0.1, 0.15) is 11.5 Å². The van der Waals surface area contributed by atoms with Crippen LogP contribution < -0.4 is 0 Å². The van der Waals surface area contributed by atoms with Crippen LogP contribution in [0.15, 0.2) is 48.0 Å². The molecule has 7 heteroatoms. The fourth-order valence-corrected chi connectivity index (χ4v) is 4.58. The minimum absolute atomic E-state index is 0.00479. The van der Waals surface area contributed by atoms with Crippen molar-refractivity contribution >= 4 is 17.4 Å². The van der Waals surface area contributed by atoms with Crippen molar-refractivity contribution in [2.24, 2.45) is 0 Å². The lowest BCUT2D eigenvalue weighted by Crippen LogP contribution is -2.42. The molecule has 34 heavy (non-hydrogen) atoms. The second kappa shape index (κ2) is 9.99. The number of aliphatic hydroxyl groups is 1. The summed E-state index contributed by atoms with van der Waals surface area (Å²) in [5.74, 6) is -1.54. The number of morpholine rings is 1. The van der Waals surface area contributed by atoms with Crippen molar-refractivity contribution in [2.45, 2.75) is 32.7 Å². The smallest absolute Gasteiger partial charge is 0.295 e. The van der Waals surface area contributed by atoms with Crippen LogP contribution in [-0.2, 0) is 14.3 Å². The number of benzene rings is 2. The molecule has 2 saturated heterocycles. The van der Waals surface area contributed by atoms with Gasteiger partial charge in [-0.1, -0.05) is 49.7 Å². The van der Waals surface area contributed by atoms with E-state index < -0.39 is 17.7 Å². The Kier molecular flexibility index (Phi) is 7.05. The van der Waals surface area contributed by atoms with Crippen LogP contribution in [0.1, 0.15) is 48.1 Å². The van der Waals surface area contributed by atoms with E-state index in [1.165, 1.54) is 6.07 Å². The summed E-state index contributed by atoms with van der Waals surface area (Å²) < 4.78 is 5.41. The molecule has 7 nitrogen and oxygen atoms in total. The van der Waals surface area contributed by atoms with Crippen LogP contribution in [0.25, 0.3) is 5.76 Å². The number of hydrogen-bond donors (Lipinski definition) is 2. The predicted molar refractivity (Wildman–Crippen MR) is 130 cm³/mol. The quantitative estimate of drug-likeness (QED) is 0.386. The van der Waals surface area contributed by atoms with E-state index in [0.717, 1.165) is 29.8 Å². The number of aryl methyl sites for hydroxylation is 1. The highest BCUT2D eigenvalue weighted by Gasteiger charge is 2.46. The Morgan fingerprint density at radius 2 is 1.74 bits per heavy atom. The Balaban J connectivity index is 1.77. The third-order valence-electron chi connectivity index (χ3n) is 6.63. The first-order valence-corrected chi connectivity index (χ1v) is 11.8. The average Bonchev–Trinajstić information content (AvgIpc) is 3.09. The van der Waals surface area contributed by atoms with Gasteiger partial charge in [0.05, 0.1) is 30.4 Å². The second-order valence-electron chi connectivity index (χ2n) is 9.29. The normalized spacial score (nSPS) is 20.9. The lowest BCUT2D eigenvalue weighted by Gasteiger charge is -2.31. The van der Waals surface area contributed by atoms with Gasteiger partial charge in [0, 0.05) is 26.2 Å². The van der Waals surface area contributed by atoms with Crippen LogP contribution in [-0.4, -0.2) is 71.1 Å². The molecule has 2 aromatic rings. The molecule has 180 valence electrons. The van der Waals surface area contributed by atoms with Crippen LogP contribution in [0.3, 0.4) is 0 Å². The highest BCUT2D eigenvalue weighted by Crippen LogP contribution is 2.41. The monoisotopic (exact) mass is 464 g/mol. The molecule has 0 saturated carbocycles. The number of carbonyl (C=O) groups excluding carboxylic acids is 2. The van der Waals surface area contributed by atoms with Gasteiger partial charge >= 0.3 is 0 Å². The fourth-order valence-electron chi connectivity index (χ4n) is 4.58. The Hall–Kier alpha value is -3.16. The van der Waals surface area contributed by atoms with E-state index in [1.54, 1.807) is 17.0 Å². The molecule has 1 atom stereocenters. The number of likely N-dealkylation sites (tertiary alicyclic amines) is 1. The molecule has 1 unspecified atom stereocenters. The number of amides is 1. The predicted octanol–water partition coefficient (Wildman–Crippen LogP) is 3.58. The molecule has 2 aliphatic heterocycles. The van der Waals surface area contributed by atoms with E-state index in [9.17, 15) is 19.8 Å². The van der Waals surface area contributed by atoms with Crippen LogP contribution in [0.5, 0.6) is 5.75 Å². The Labute approximate surface area is 200 Å². The van der Waals surface area contributed by atoms with Gasteiger partial charge in [0.15, 0.2) is 0 Å². The highest BCUT2D eigenvalue weighted by molar-refractivity contribution is 6.46. The van der Waals surface area contributed by atoms with E-state index >= 15 is 0 Å². The van der Waals surface area contributed by atoms with Gasteiger partial charge in [0.25, 0.3) is 11.7 Å². The molecule has 2 heterocycles. The number of phenolic OH excluding ortho intramolecular Hbond substituents is 1. The molecule has 0 radical (unpaired) electrons. The summed E-state index contributed by atoms with van der Waals surface area (Å²) in [6, 6.07) is 11.9. The van der Waals surface area contributed by atoms with Crippen molar-refractivity contribution in [3.63, 3.8) is 0 Å². The summed E-state index contributed by atoms with van der Waals surface area (Å²) in [5, 5.41) is 21.6. The van der Waals surface area contributed by atoms with E-state index in [1.807, 2.05) is 31.2 Å². The molecule has 2 aromatic carbocycles. The summed E-state index contributed by atoms with van der Waals surface area (Å²) in [4.78, 5) is 30.1. The van der Waals surface area contributed by atoms with Gasteiger partial charge < -0.3 is 19.8 Å². The van der Waals surface area contributed by atoms with Gasteiger partial charge in [-0.3, -0.25) is 14.5 Å². The number of hydrogen-bond acceptors (Lipinski definition) is 6. The second-order valence-corrected chi connectivity index (χ2v) is 9.29. The van der Waals surface area contributed by atoms with Gasteiger partial charge in [-0.25, -0.2) is 0 Å².